The number of aromatic nitrogens is 4. The zero-order chi connectivity index (χ0) is 19.8. The molecule has 27 heavy (non-hydrogen) atoms. The number of carbonyl (C=O) groups is 3. The standard InChI is InChI=1S/C13H15BrN6O5S2/c1-19-12(16-17-18-19)27-5-6-4-26-11-13(25-2,15-7(21)3-14)10(24)20(11)8(6)9(22)23/h11H,3-5H2,1-2H3,(H,15,21)(H,22,23)/t11-,13-/m0/s1. The summed E-state index contributed by atoms with van der Waals surface area (Å²) in [5, 5.41) is 23.2. The van der Waals surface area contributed by atoms with Crippen molar-refractivity contribution in [1.82, 2.24) is 30.4 Å². The molecule has 2 amide bonds. The number of aliphatic carboxylic acids is 1. The van der Waals surface area contributed by atoms with Gasteiger partial charge in [-0.15, -0.1) is 16.9 Å². The van der Waals surface area contributed by atoms with Crippen LogP contribution >= 0.6 is 39.5 Å². The van der Waals surface area contributed by atoms with Gasteiger partial charge in [0.2, 0.25) is 11.1 Å². The van der Waals surface area contributed by atoms with Gasteiger partial charge in [0.05, 0.1) is 5.33 Å². The largest absolute Gasteiger partial charge is 0.477 e. The summed E-state index contributed by atoms with van der Waals surface area (Å²) in [6, 6.07) is 0. The molecule has 0 unspecified atom stereocenters. The Balaban J connectivity index is 1.86. The van der Waals surface area contributed by atoms with Crippen LogP contribution in [0.25, 0.3) is 0 Å². The molecule has 2 atom stereocenters. The number of methoxy groups -OCH3 is 1. The molecule has 0 saturated carbocycles. The van der Waals surface area contributed by atoms with Gasteiger partial charge in [-0.25, -0.2) is 9.48 Å². The number of carbonyl (C=O) groups excluding carboxylic acids is 2. The number of tetrazole rings is 1. The number of nitrogens with one attached hydrogen (secondary N) is 1. The maximum Gasteiger partial charge on any atom is 0.352 e. The quantitative estimate of drug-likeness (QED) is 0.226. The van der Waals surface area contributed by atoms with Gasteiger partial charge in [-0.3, -0.25) is 14.5 Å². The van der Waals surface area contributed by atoms with E-state index in [4.69, 9.17) is 4.74 Å². The molecule has 1 fully saturated rings. The Bertz CT molecular complexity index is 832. The van der Waals surface area contributed by atoms with Gasteiger partial charge in [0.15, 0.2) is 0 Å². The molecular weight excluding hydrogens is 464 g/mol. The number of ether oxygens (including phenoxy) is 1. The molecule has 11 nitrogen and oxygen atoms in total. The van der Waals surface area contributed by atoms with Crippen LogP contribution in [0.3, 0.4) is 0 Å². The fourth-order valence-electron chi connectivity index (χ4n) is 2.79. The van der Waals surface area contributed by atoms with Gasteiger partial charge in [0, 0.05) is 25.7 Å². The van der Waals surface area contributed by atoms with E-state index in [9.17, 15) is 19.5 Å². The Hall–Kier alpha value is -1.64. The second-order valence-corrected chi connectivity index (χ2v) is 8.16. The van der Waals surface area contributed by atoms with E-state index in [1.54, 1.807) is 7.05 Å². The number of hydrogen-bond acceptors (Lipinski definition) is 9. The maximum atomic E-state index is 12.8. The lowest BCUT2D eigenvalue weighted by atomic mass is 9.98. The van der Waals surface area contributed by atoms with Crippen LogP contribution in [-0.4, -0.2) is 83.0 Å². The first kappa shape index (κ1) is 20.1. The topological polar surface area (TPSA) is 140 Å². The number of hydrogen-bond donors (Lipinski definition) is 2. The van der Waals surface area contributed by atoms with Crippen molar-refractivity contribution in [3.8, 4) is 0 Å². The first-order valence-corrected chi connectivity index (χ1v) is 10.7. The summed E-state index contributed by atoms with van der Waals surface area (Å²) in [6.45, 7) is 0. The van der Waals surface area contributed by atoms with Gasteiger partial charge in [0.25, 0.3) is 11.6 Å². The van der Waals surface area contributed by atoms with Crippen LogP contribution in [0.4, 0.5) is 0 Å². The number of amides is 2. The predicted molar refractivity (Wildman–Crippen MR) is 99.0 cm³/mol. The molecule has 3 heterocycles. The van der Waals surface area contributed by atoms with Crippen LogP contribution in [0.2, 0.25) is 0 Å². The third-order valence-electron chi connectivity index (χ3n) is 4.04. The summed E-state index contributed by atoms with van der Waals surface area (Å²) < 4.78 is 6.79. The number of nitrogens with zero attached hydrogens (tertiary/aromatic N) is 5. The average Bonchev–Trinajstić information content (AvgIpc) is 3.07. The summed E-state index contributed by atoms with van der Waals surface area (Å²) >= 11 is 5.63. The van der Waals surface area contributed by atoms with Gasteiger partial charge in [-0.05, 0) is 16.0 Å². The molecule has 2 aliphatic rings. The van der Waals surface area contributed by atoms with Crippen molar-refractivity contribution in [3.05, 3.63) is 11.3 Å². The molecule has 0 bridgehead atoms. The smallest absolute Gasteiger partial charge is 0.352 e. The lowest BCUT2D eigenvalue weighted by molar-refractivity contribution is -0.192. The second-order valence-electron chi connectivity index (χ2n) is 5.59. The number of halogens is 1. The molecule has 0 radical (unpaired) electrons. The normalized spacial score (nSPS) is 24.5. The van der Waals surface area contributed by atoms with Crippen LogP contribution in [0.1, 0.15) is 0 Å². The molecule has 0 aliphatic carbocycles. The van der Waals surface area contributed by atoms with E-state index in [1.807, 2.05) is 0 Å². The SMILES string of the molecule is CO[C@@]1(NC(=O)CBr)C(=O)N2C(C(=O)O)=C(CSc3nnnn3C)CS[C@H]21. The average molecular weight is 479 g/mol. The molecule has 1 saturated heterocycles. The summed E-state index contributed by atoms with van der Waals surface area (Å²) in [5.74, 6) is -1.58. The number of alkyl halides is 1. The van der Waals surface area contributed by atoms with Gasteiger partial charge in [-0.2, -0.15) is 0 Å². The Morgan fingerprint density at radius 2 is 2.30 bits per heavy atom. The van der Waals surface area contributed by atoms with E-state index in [2.05, 4.69) is 36.8 Å². The van der Waals surface area contributed by atoms with Crippen molar-refractivity contribution >= 4 is 57.2 Å². The minimum Gasteiger partial charge on any atom is -0.477 e. The number of rotatable bonds is 7. The molecule has 2 aliphatic heterocycles. The highest BCUT2D eigenvalue weighted by Crippen LogP contribution is 2.47. The molecule has 1 aromatic rings. The highest BCUT2D eigenvalue weighted by atomic mass is 79.9. The number of thioether (sulfide) groups is 2. The third-order valence-corrected chi connectivity index (χ3v) is 7.02. The van der Waals surface area contributed by atoms with Crippen LogP contribution in [-0.2, 0) is 26.2 Å². The predicted octanol–water partition coefficient (Wildman–Crippen LogP) is -0.590. The Morgan fingerprint density at radius 1 is 1.56 bits per heavy atom. The minimum absolute atomic E-state index is 0.00195. The van der Waals surface area contributed by atoms with Gasteiger partial charge >= 0.3 is 5.97 Å². The fraction of sp³-hybridized carbons (Fsp3) is 0.538. The molecule has 14 heteroatoms. The molecular formula is C13H15BrN6O5S2. The van der Waals surface area contributed by atoms with E-state index < -0.39 is 28.9 Å². The fourth-order valence-corrected chi connectivity index (χ4v) is 5.36. The van der Waals surface area contributed by atoms with Gasteiger partial charge in [0.1, 0.15) is 11.1 Å². The minimum atomic E-state index is -1.57. The maximum absolute atomic E-state index is 12.8. The lowest BCUT2D eigenvalue weighted by Gasteiger charge is -2.55. The summed E-state index contributed by atoms with van der Waals surface area (Å²) in [6.07, 6.45) is 0. The van der Waals surface area contributed by atoms with E-state index in [0.717, 1.165) is 0 Å². The first-order valence-electron chi connectivity index (χ1n) is 7.53. The number of carboxylic acids is 1. The van der Waals surface area contributed by atoms with Crippen LogP contribution < -0.4 is 5.32 Å². The molecule has 0 aromatic carbocycles. The summed E-state index contributed by atoms with van der Waals surface area (Å²) in [5.41, 5.74) is -1.09. The zero-order valence-corrected chi connectivity index (χ0v) is 17.4. The monoisotopic (exact) mass is 478 g/mol. The van der Waals surface area contributed by atoms with Crippen LogP contribution in [0.15, 0.2) is 16.4 Å². The Morgan fingerprint density at radius 3 is 2.85 bits per heavy atom. The number of fused-ring (bicyclic) bond motifs is 1. The highest BCUT2D eigenvalue weighted by Gasteiger charge is 2.66. The van der Waals surface area contributed by atoms with E-state index in [0.29, 0.717) is 22.2 Å². The Labute approximate surface area is 170 Å². The van der Waals surface area contributed by atoms with Gasteiger partial charge < -0.3 is 15.2 Å². The molecule has 2 N–H and O–H groups in total. The van der Waals surface area contributed by atoms with Crippen LogP contribution in [0.5, 0.6) is 0 Å². The lowest BCUT2D eigenvalue weighted by Crippen LogP contribution is -2.80. The van der Waals surface area contributed by atoms with Crippen molar-refractivity contribution < 1.29 is 24.2 Å². The van der Waals surface area contributed by atoms with E-state index >= 15 is 0 Å². The van der Waals surface area contributed by atoms with Crippen molar-refractivity contribution in [3.63, 3.8) is 0 Å². The first-order chi connectivity index (χ1) is 12.9. The number of carboxylic acid groups (broad SMARTS) is 1. The summed E-state index contributed by atoms with van der Waals surface area (Å²) in [7, 11) is 2.99. The number of aryl methyl sites for hydroxylation is 1. The number of β-lactam (4-membered cyclic amide) rings is 1. The van der Waals surface area contributed by atoms with Crippen LogP contribution in [0, 0.1) is 0 Å². The van der Waals surface area contributed by atoms with Gasteiger partial charge in [-0.1, -0.05) is 27.7 Å². The van der Waals surface area contributed by atoms with E-state index in [-0.39, 0.29) is 11.0 Å². The second kappa shape index (κ2) is 7.77. The third kappa shape index (κ3) is 3.34. The highest BCUT2D eigenvalue weighted by molar-refractivity contribution is 9.09. The van der Waals surface area contributed by atoms with Crippen molar-refractivity contribution in [2.24, 2.45) is 7.05 Å². The van der Waals surface area contributed by atoms with E-state index in [1.165, 1.54) is 40.2 Å². The van der Waals surface area contributed by atoms with Crippen molar-refractivity contribution in [1.29, 1.82) is 0 Å². The molecule has 1 aromatic heterocycles. The zero-order valence-electron chi connectivity index (χ0n) is 14.2. The molecule has 146 valence electrons. The Kier molecular flexibility index (Phi) is 5.79. The van der Waals surface area contributed by atoms with Crippen molar-refractivity contribution in [2.75, 3.05) is 23.9 Å². The molecule has 3 rings (SSSR count). The van der Waals surface area contributed by atoms with Crippen molar-refractivity contribution in [2.45, 2.75) is 16.3 Å². The molecule has 0 spiro atoms. The summed E-state index contributed by atoms with van der Waals surface area (Å²) in [4.78, 5) is 37.6.